The van der Waals surface area contributed by atoms with Crippen molar-refractivity contribution in [1.82, 2.24) is 15.2 Å². The number of pyridine rings is 1. The van der Waals surface area contributed by atoms with Gasteiger partial charge in [0.2, 0.25) is 0 Å². The topological polar surface area (TPSA) is 45.2 Å². The standard InChI is InChI=1S/C23H33N3O/c1-16-7-8-20-13-21(19(4)25-22(20)12-16)23(27)24-9-5-6-10-26-14-17(2)11-18(3)15-26/h7-8,12-13,17-18H,5-6,9-11,14-15H2,1-4H3,(H,24,27). The molecule has 146 valence electrons. The summed E-state index contributed by atoms with van der Waals surface area (Å²) in [6.45, 7) is 13.0. The summed E-state index contributed by atoms with van der Waals surface area (Å²) in [5.41, 5.74) is 3.62. The number of hydrogen-bond donors (Lipinski definition) is 1. The zero-order valence-corrected chi connectivity index (χ0v) is 17.2. The molecule has 1 aliphatic heterocycles. The molecule has 2 aromatic rings. The lowest BCUT2D eigenvalue weighted by Gasteiger charge is -2.34. The highest BCUT2D eigenvalue weighted by Crippen LogP contribution is 2.21. The highest BCUT2D eigenvalue weighted by atomic mass is 16.1. The summed E-state index contributed by atoms with van der Waals surface area (Å²) in [4.78, 5) is 19.8. The molecule has 1 fully saturated rings. The molecule has 2 unspecified atom stereocenters. The third-order valence-corrected chi connectivity index (χ3v) is 5.54. The number of nitrogens with zero attached hydrogens (tertiary/aromatic N) is 2. The number of aromatic nitrogens is 1. The molecule has 0 spiro atoms. The molecule has 4 nitrogen and oxygen atoms in total. The molecule has 0 aliphatic carbocycles. The van der Waals surface area contributed by atoms with E-state index in [1.54, 1.807) is 0 Å². The van der Waals surface area contributed by atoms with E-state index in [-0.39, 0.29) is 5.91 Å². The van der Waals surface area contributed by atoms with Gasteiger partial charge in [-0.2, -0.15) is 0 Å². The molecular formula is C23H33N3O. The van der Waals surface area contributed by atoms with Gasteiger partial charge in [-0.05, 0) is 69.2 Å². The highest BCUT2D eigenvalue weighted by Gasteiger charge is 2.21. The van der Waals surface area contributed by atoms with Gasteiger partial charge in [-0.15, -0.1) is 0 Å². The first-order valence-electron chi connectivity index (χ1n) is 10.3. The second-order valence-electron chi connectivity index (χ2n) is 8.49. The summed E-state index contributed by atoms with van der Waals surface area (Å²) in [7, 11) is 0. The molecule has 0 saturated carbocycles. The molecule has 0 bridgehead atoms. The normalized spacial score (nSPS) is 20.7. The predicted octanol–water partition coefficient (Wildman–Crippen LogP) is 4.34. The maximum atomic E-state index is 12.6. The number of likely N-dealkylation sites (tertiary alicyclic amines) is 1. The highest BCUT2D eigenvalue weighted by molar-refractivity contribution is 5.98. The van der Waals surface area contributed by atoms with Crippen LogP contribution in [0.5, 0.6) is 0 Å². The zero-order valence-electron chi connectivity index (χ0n) is 17.2. The number of piperidine rings is 1. The van der Waals surface area contributed by atoms with Gasteiger partial charge in [0.15, 0.2) is 0 Å². The number of carbonyl (C=O) groups excluding carboxylic acids is 1. The van der Waals surface area contributed by atoms with Gasteiger partial charge in [0.1, 0.15) is 0 Å². The molecule has 2 heterocycles. The van der Waals surface area contributed by atoms with Crippen LogP contribution in [-0.2, 0) is 0 Å². The minimum Gasteiger partial charge on any atom is -0.352 e. The number of rotatable bonds is 6. The molecule has 2 atom stereocenters. The first-order valence-corrected chi connectivity index (χ1v) is 10.3. The maximum Gasteiger partial charge on any atom is 0.253 e. The molecule has 4 heteroatoms. The minimum atomic E-state index is -0.0114. The number of fused-ring (bicyclic) bond motifs is 1. The van der Waals surface area contributed by atoms with Crippen LogP contribution in [0.3, 0.4) is 0 Å². The Morgan fingerprint density at radius 1 is 1.15 bits per heavy atom. The second kappa shape index (κ2) is 8.83. The fraction of sp³-hybridized carbons (Fsp3) is 0.565. The summed E-state index contributed by atoms with van der Waals surface area (Å²) in [5, 5.41) is 4.09. The molecule has 1 aromatic heterocycles. The summed E-state index contributed by atoms with van der Waals surface area (Å²) < 4.78 is 0. The van der Waals surface area contributed by atoms with Gasteiger partial charge in [0.05, 0.1) is 16.8 Å². The number of carbonyl (C=O) groups is 1. The van der Waals surface area contributed by atoms with Crippen molar-refractivity contribution in [2.24, 2.45) is 11.8 Å². The Kier molecular flexibility index (Phi) is 6.48. The summed E-state index contributed by atoms with van der Waals surface area (Å²) >= 11 is 0. The van der Waals surface area contributed by atoms with Gasteiger partial charge >= 0.3 is 0 Å². The van der Waals surface area contributed by atoms with Crippen LogP contribution in [0.1, 0.15) is 54.7 Å². The van der Waals surface area contributed by atoms with E-state index in [0.717, 1.165) is 54.4 Å². The summed E-state index contributed by atoms with van der Waals surface area (Å²) in [6, 6.07) is 8.12. The Morgan fingerprint density at radius 2 is 1.89 bits per heavy atom. The Morgan fingerprint density at radius 3 is 2.63 bits per heavy atom. The molecule has 1 aliphatic rings. The third kappa shape index (κ3) is 5.29. The van der Waals surface area contributed by atoms with Crippen molar-refractivity contribution in [2.45, 2.75) is 47.0 Å². The average Bonchev–Trinajstić information content (AvgIpc) is 2.59. The average molecular weight is 368 g/mol. The molecule has 3 rings (SSSR count). The number of amides is 1. The van der Waals surface area contributed by atoms with Crippen molar-refractivity contribution in [3.8, 4) is 0 Å². The van der Waals surface area contributed by atoms with E-state index >= 15 is 0 Å². The monoisotopic (exact) mass is 367 g/mol. The predicted molar refractivity (Wildman–Crippen MR) is 112 cm³/mol. The van der Waals surface area contributed by atoms with E-state index in [9.17, 15) is 4.79 Å². The Hall–Kier alpha value is -1.94. The van der Waals surface area contributed by atoms with E-state index in [2.05, 4.69) is 48.1 Å². The zero-order chi connectivity index (χ0) is 19.4. The second-order valence-corrected chi connectivity index (χ2v) is 8.49. The third-order valence-electron chi connectivity index (χ3n) is 5.54. The largest absolute Gasteiger partial charge is 0.352 e. The van der Waals surface area contributed by atoms with Crippen LogP contribution in [0.15, 0.2) is 24.3 Å². The van der Waals surface area contributed by atoms with Crippen LogP contribution in [-0.4, -0.2) is 42.0 Å². The van der Waals surface area contributed by atoms with Gasteiger partial charge in [0, 0.05) is 25.0 Å². The summed E-state index contributed by atoms with van der Waals surface area (Å²) in [6.07, 6.45) is 3.50. The molecule has 1 N–H and O–H groups in total. The van der Waals surface area contributed by atoms with Crippen molar-refractivity contribution in [2.75, 3.05) is 26.2 Å². The van der Waals surface area contributed by atoms with Crippen molar-refractivity contribution < 1.29 is 4.79 Å². The SMILES string of the molecule is Cc1ccc2cc(C(=O)NCCCCN3CC(C)CC(C)C3)c(C)nc2c1. The van der Waals surface area contributed by atoms with Gasteiger partial charge < -0.3 is 10.2 Å². The number of aryl methyl sites for hydroxylation is 2. The van der Waals surface area contributed by atoms with E-state index in [0.29, 0.717) is 5.56 Å². The Balaban J connectivity index is 1.47. The summed E-state index contributed by atoms with van der Waals surface area (Å²) in [5.74, 6) is 1.60. The number of benzene rings is 1. The van der Waals surface area contributed by atoms with Crippen LogP contribution in [0.2, 0.25) is 0 Å². The first kappa shape index (κ1) is 19.8. The fourth-order valence-corrected chi connectivity index (χ4v) is 4.34. The quantitative estimate of drug-likeness (QED) is 0.773. The van der Waals surface area contributed by atoms with Gasteiger partial charge in [-0.1, -0.05) is 26.0 Å². The molecule has 27 heavy (non-hydrogen) atoms. The van der Waals surface area contributed by atoms with Crippen LogP contribution < -0.4 is 5.32 Å². The van der Waals surface area contributed by atoms with E-state index in [1.165, 1.54) is 25.1 Å². The van der Waals surface area contributed by atoms with Crippen molar-refractivity contribution >= 4 is 16.8 Å². The van der Waals surface area contributed by atoms with E-state index in [1.807, 2.05) is 19.1 Å². The van der Waals surface area contributed by atoms with Crippen LogP contribution in [0.4, 0.5) is 0 Å². The lowest BCUT2D eigenvalue weighted by molar-refractivity contribution is 0.0950. The maximum absolute atomic E-state index is 12.6. The number of hydrogen-bond acceptors (Lipinski definition) is 3. The van der Waals surface area contributed by atoms with Crippen molar-refractivity contribution in [1.29, 1.82) is 0 Å². The lowest BCUT2D eigenvalue weighted by Crippen LogP contribution is -2.39. The van der Waals surface area contributed by atoms with Crippen molar-refractivity contribution in [3.63, 3.8) is 0 Å². The fourth-order valence-electron chi connectivity index (χ4n) is 4.34. The molecule has 1 amide bonds. The first-order chi connectivity index (χ1) is 12.9. The van der Waals surface area contributed by atoms with Crippen LogP contribution >= 0.6 is 0 Å². The Bertz CT molecular complexity index is 792. The number of nitrogens with one attached hydrogen (secondary N) is 1. The van der Waals surface area contributed by atoms with Gasteiger partial charge in [-0.3, -0.25) is 9.78 Å². The minimum absolute atomic E-state index is 0.0114. The van der Waals surface area contributed by atoms with Gasteiger partial charge in [0.25, 0.3) is 5.91 Å². The smallest absolute Gasteiger partial charge is 0.253 e. The number of unbranched alkanes of at least 4 members (excludes halogenated alkanes) is 1. The lowest BCUT2D eigenvalue weighted by atomic mass is 9.92. The van der Waals surface area contributed by atoms with Gasteiger partial charge in [-0.25, -0.2) is 0 Å². The molecular weight excluding hydrogens is 334 g/mol. The molecule has 1 aromatic carbocycles. The van der Waals surface area contributed by atoms with Crippen LogP contribution in [0, 0.1) is 25.7 Å². The van der Waals surface area contributed by atoms with Crippen molar-refractivity contribution in [3.05, 3.63) is 41.1 Å². The molecule has 0 radical (unpaired) electrons. The van der Waals surface area contributed by atoms with E-state index in [4.69, 9.17) is 0 Å². The Labute approximate surface area is 163 Å². The van der Waals surface area contributed by atoms with E-state index < -0.39 is 0 Å². The van der Waals surface area contributed by atoms with Crippen LogP contribution in [0.25, 0.3) is 10.9 Å². The molecule has 1 saturated heterocycles.